The lowest BCUT2D eigenvalue weighted by atomic mass is 9.88. The number of aromatic nitrogens is 2. The number of fused-ring (bicyclic) bond motifs is 1. The molecule has 6 heteroatoms. The minimum absolute atomic E-state index is 0.139. The second-order valence-corrected chi connectivity index (χ2v) is 8.61. The first-order valence-electron chi connectivity index (χ1n) is 12.2. The predicted molar refractivity (Wildman–Crippen MR) is 141 cm³/mol. The molecule has 0 amide bonds. The molecule has 0 atom stereocenters. The number of terminal acetylenes is 1. The zero-order valence-electron chi connectivity index (χ0n) is 20.2. The fraction of sp³-hybridized carbons (Fsp3) is 0.345. The van der Waals surface area contributed by atoms with E-state index >= 15 is 0 Å². The first kappa shape index (κ1) is 24.3. The normalized spacial score (nSPS) is 14.2. The van der Waals surface area contributed by atoms with Crippen LogP contribution >= 0.6 is 0 Å². The molecule has 180 valence electrons. The Morgan fingerprint density at radius 2 is 2.03 bits per heavy atom. The molecule has 0 N–H and O–H groups in total. The Balaban J connectivity index is 1.81. The van der Waals surface area contributed by atoms with Crippen molar-refractivity contribution in [2.24, 2.45) is 5.10 Å². The molecule has 1 heterocycles. The Morgan fingerprint density at radius 1 is 1.23 bits per heavy atom. The van der Waals surface area contributed by atoms with E-state index in [2.05, 4.69) is 17.6 Å². The number of hydrogen-bond acceptors (Lipinski definition) is 5. The molecule has 0 radical (unpaired) electrons. The standard InChI is InChI=1S/C29H31N3O3/c1-4-12-23-18-21(19-26(34-6-3)27(23)35-17-5-2)20-30-32-28(22-13-8-7-9-14-22)31-25-16-11-10-15-24(25)29(32)33/h2,4,10-11,15-16,18-20,22H,1,6-9,12-14,17H2,3H3. The lowest BCUT2D eigenvalue weighted by Crippen LogP contribution is -2.25. The van der Waals surface area contributed by atoms with Crippen LogP contribution in [-0.2, 0) is 6.42 Å². The van der Waals surface area contributed by atoms with Crippen LogP contribution in [0.5, 0.6) is 11.5 Å². The van der Waals surface area contributed by atoms with E-state index in [-0.39, 0.29) is 18.1 Å². The molecule has 3 aromatic rings. The van der Waals surface area contributed by atoms with Crippen molar-refractivity contribution in [2.75, 3.05) is 13.2 Å². The van der Waals surface area contributed by atoms with Crippen LogP contribution in [0.1, 0.15) is 61.9 Å². The second-order valence-electron chi connectivity index (χ2n) is 8.61. The number of hydrogen-bond donors (Lipinski definition) is 0. The second kappa shape index (κ2) is 11.5. The highest BCUT2D eigenvalue weighted by molar-refractivity contribution is 5.82. The van der Waals surface area contributed by atoms with Gasteiger partial charge in [0.2, 0.25) is 0 Å². The third kappa shape index (κ3) is 5.46. The van der Waals surface area contributed by atoms with E-state index in [0.29, 0.717) is 35.4 Å². The number of para-hydroxylation sites is 1. The van der Waals surface area contributed by atoms with Crippen molar-refractivity contribution >= 4 is 17.1 Å². The summed E-state index contributed by atoms with van der Waals surface area (Å²) in [7, 11) is 0. The van der Waals surface area contributed by atoms with Gasteiger partial charge in [-0.2, -0.15) is 9.78 Å². The van der Waals surface area contributed by atoms with Gasteiger partial charge in [0.1, 0.15) is 12.4 Å². The van der Waals surface area contributed by atoms with Gasteiger partial charge in [0.15, 0.2) is 11.5 Å². The molecule has 1 fully saturated rings. The summed E-state index contributed by atoms with van der Waals surface area (Å²) in [5, 5.41) is 5.22. The summed E-state index contributed by atoms with van der Waals surface area (Å²) in [5.74, 6) is 4.64. The van der Waals surface area contributed by atoms with Gasteiger partial charge in [0, 0.05) is 11.5 Å². The van der Waals surface area contributed by atoms with E-state index in [1.807, 2.05) is 37.3 Å². The first-order valence-corrected chi connectivity index (χ1v) is 12.2. The summed E-state index contributed by atoms with van der Waals surface area (Å²) in [6.07, 6.45) is 15.0. The summed E-state index contributed by atoms with van der Waals surface area (Å²) in [4.78, 5) is 18.3. The van der Waals surface area contributed by atoms with Crippen LogP contribution in [0, 0.1) is 12.3 Å². The van der Waals surface area contributed by atoms with Crippen LogP contribution < -0.4 is 15.0 Å². The Morgan fingerprint density at radius 3 is 2.77 bits per heavy atom. The molecule has 1 aromatic heterocycles. The summed E-state index contributed by atoms with van der Waals surface area (Å²) in [6.45, 7) is 6.38. The average molecular weight is 470 g/mol. The number of benzene rings is 2. The molecule has 0 bridgehead atoms. The van der Waals surface area contributed by atoms with Crippen molar-refractivity contribution in [1.82, 2.24) is 9.66 Å². The van der Waals surface area contributed by atoms with Gasteiger partial charge in [-0.05, 0) is 56.0 Å². The fourth-order valence-corrected chi connectivity index (χ4v) is 4.61. The number of rotatable bonds is 9. The maximum Gasteiger partial charge on any atom is 0.282 e. The van der Waals surface area contributed by atoms with Crippen LogP contribution in [0.3, 0.4) is 0 Å². The monoisotopic (exact) mass is 469 g/mol. The molecule has 1 aliphatic carbocycles. The van der Waals surface area contributed by atoms with Crippen molar-refractivity contribution in [1.29, 1.82) is 0 Å². The Hall–Kier alpha value is -3.85. The molecule has 1 saturated carbocycles. The highest BCUT2D eigenvalue weighted by Gasteiger charge is 2.22. The molecule has 2 aromatic carbocycles. The Kier molecular flexibility index (Phi) is 7.99. The van der Waals surface area contributed by atoms with E-state index in [0.717, 1.165) is 42.6 Å². The molecular weight excluding hydrogens is 438 g/mol. The van der Waals surface area contributed by atoms with E-state index in [1.54, 1.807) is 18.4 Å². The maximum absolute atomic E-state index is 13.5. The minimum Gasteiger partial charge on any atom is -0.490 e. The third-order valence-electron chi connectivity index (χ3n) is 6.19. The van der Waals surface area contributed by atoms with E-state index in [1.165, 1.54) is 11.1 Å². The molecule has 0 spiro atoms. The van der Waals surface area contributed by atoms with E-state index in [4.69, 9.17) is 20.9 Å². The van der Waals surface area contributed by atoms with Crippen LogP contribution in [0.4, 0.5) is 0 Å². The highest BCUT2D eigenvalue weighted by atomic mass is 16.5. The van der Waals surface area contributed by atoms with Crippen LogP contribution in [0.25, 0.3) is 10.9 Å². The van der Waals surface area contributed by atoms with Gasteiger partial charge in [-0.15, -0.1) is 13.0 Å². The Labute approximate surface area is 206 Å². The van der Waals surface area contributed by atoms with Crippen molar-refractivity contribution in [3.05, 3.63) is 76.4 Å². The quantitative estimate of drug-likeness (QED) is 0.237. The van der Waals surface area contributed by atoms with Crippen molar-refractivity contribution in [2.45, 2.75) is 51.4 Å². The Bertz CT molecular complexity index is 1330. The van der Waals surface area contributed by atoms with Crippen molar-refractivity contribution < 1.29 is 9.47 Å². The fourth-order valence-electron chi connectivity index (χ4n) is 4.61. The van der Waals surface area contributed by atoms with Gasteiger partial charge in [0.25, 0.3) is 5.56 Å². The number of ether oxygens (including phenoxy) is 2. The van der Waals surface area contributed by atoms with Gasteiger partial charge >= 0.3 is 0 Å². The third-order valence-corrected chi connectivity index (χ3v) is 6.19. The SMILES string of the molecule is C#CCOc1c(CC=C)cc(C=Nn2c(C3CCCCC3)nc3ccccc3c2=O)cc1OCC. The van der Waals surface area contributed by atoms with Crippen LogP contribution in [0.2, 0.25) is 0 Å². The molecular formula is C29H31N3O3. The van der Waals surface area contributed by atoms with Gasteiger partial charge in [-0.1, -0.05) is 43.4 Å². The number of nitrogens with zero attached hydrogens (tertiary/aromatic N) is 3. The van der Waals surface area contributed by atoms with Crippen molar-refractivity contribution in [3.8, 4) is 23.8 Å². The van der Waals surface area contributed by atoms with Crippen LogP contribution in [-0.4, -0.2) is 29.1 Å². The zero-order chi connectivity index (χ0) is 24.6. The van der Waals surface area contributed by atoms with Gasteiger partial charge in [-0.25, -0.2) is 4.98 Å². The lowest BCUT2D eigenvalue weighted by Gasteiger charge is -2.22. The molecule has 0 unspecified atom stereocenters. The van der Waals surface area contributed by atoms with E-state index < -0.39 is 0 Å². The molecule has 35 heavy (non-hydrogen) atoms. The molecule has 1 aliphatic rings. The topological polar surface area (TPSA) is 65.7 Å². The molecule has 0 aliphatic heterocycles. The summed E-state index contributed by atoms with van der Waals surface area (Å²) < 4.78 is 13.1. The van der Waals surface area contributed by atoms with Gasteiger partial charge in [0.05, 0.1) is 23.7 Å². The zero-order valence-corrected chi connectivity index (χ0v) is 20.2. The number of allylic oxidation sites excluding steroid dienone is 1. The predicted octanol–water partition coefficient (Wildman–Crippen LogP) is 5.47. The summed E-state index contributed by atoms with van der Waals surface area (Å²) in [6, 6.07) is 11.3. The smallest absolute Gasteiger partial charge is 0.282 e. The van der Waals surface area contributed by atoms with Gasteiger partial charge < -0.3 is 9.47 Å². The van der Waals surface area contributed by atoms with Crippen LogP contribution in [0.15, 0.2) is 58.9 Å². The highest BCUT2D eigenvalue weighted by Crippen LogP contribution is 2.34. The molecule has 4 rings (SSSR count). The minimum atomic E-state index is -0.155. The first-order chi connectivity index (χ1) is 17.2. The van der Waals surface area contributed by atoms with Gasteiger partial charge in [-0.3, -0.25) is 4.79 Å². The van der Waals surface area contributed by atoms with Crippen molar-refractivity contribution in [3.63, 3.8) is 0 Å². The van der Waals surface area contributed by atoms with E-state index in [9.17, 15) is 4.79 Å². The maximum atomic E-state index is 13.5. The molecule has 0 saturated heterocycles. The summed E-state index contributed by atoms with van der Waals surface area (Å²) in [5.41, 5.74) is 2.23. The lowest BCUT2D eigenvalue weighted by molar-refractivity contribution is 0.297. The average Bonchev–Trinajstić information content (AvgIpc) is 2.88. The summed E-state index contributed by atoms with van der Waals surface area (Å²) >= 11 is 0. The largest absolute Gasteiger partial charge is 0.490 e. The molecule has 6 nitrogen and oxygen atoms in total.